The zero-order valence-corrected chi connectivity index (χ0v) is 23.6. The molecular formula is C33H35N3O6. The molecule has 0 bridgehead atoms. The van der Waals surface area contributed by atoms with E-state index in [-0.39, 0.29) is 17.1 Å². The van der Waals surface area contributed by atoms with E-state index in [0.717, 1.165) is 66.7 Å². The Morgan fingerprint density at radius 2 is 1.83 bits per heavy atom. The fourth-order valence-corrected chi connectivity index (χ4v) is 5.43. The van der Waals surface area contributed by atoms with Crippen molar-refractivity contribution in [3.05, 3.63) is 88.5 Å². The summed E-state index contributed by atoms with van der Waals surface area (Å²) < 4.78 is 7.19. The van der Waals surface area contributed by atoms with Gasteiger partial charge >= 0.3 is 6.16 Å². The van der Waals surface area contributed by atoms with Crippen LogP contribution < -0.4 is 4.74 Å². The van der Waals surface area contributed by atoms with Crippen LogP contribution in [-0.2, 0) is 29.0 Å². The van der Waals surface area contributed by atoms with Gasteiger partial charge in [0.1, 0.15) is 17.9 Å². The number of carbonyl (C=O) groups is 3. The van der Waals surface area contributed by atoms with Crippen LogP contribution in [0.2, 0.25) is 0 Å². The van der Waals surface area contributed by atoms with Crippen LogP contribution in [-0.4, -0.2) is 44.2 Å². The van der Waals surface area contributed by atoms with Crippen LogP contribution in [0.3, 0.4) is 0 Å². The molecule has 0 fully saturated rings. The quantitative estimate of drug-likeness (QED) is 0.197. The number of fused-ring (bicyclic) bond motifs is 1. The van der Waals surface area contributed by atoms with Crippen LogP contribution in [0.1, 0.15) is 68.2 Å². The number of ether oxygens (including phenoxy) is 1. The molecule has 9 nitrogen and oxygen atoms in total. The summed E-state index contributed by atoms with van der Waals surface area (Å²) in [5.74, 6) is 0.974. The molecule has 42 heavy (non-hydrogen) atoms. The normalized spacial score (nSPS) is 15.2. The van der Waals surface area contributed by atoms with E-state index in [4.69, 9.17) is 14.8 Å². The number of hydrogen-bond acceptors (Lipinski definition) is 5. The summed E-state index contributed by atoms with van der Waals surface area (Å²) in [5, 5.41) is 9.09. The van der Waals surface area contributed by atoms with E-state index in [2.05, 4.69) is 16.5 Å². The van der Waals surface area contributed by atoms with Crippen molar-refractivity contribution in [3.63, 3.8) is 0 Å². The molecule has 2 aliphatic carbocycles. The number of unbranched alkanes of at least 4 members (excludes halogenated alkanes) is 1. The Labute approximate surface area is 244 Å². The zero-order valence-electron chi connectivity index (χ0n) is 23.6. The van der Waals surface area contributed by atoms with Gasteiger partial charge in [0.2, 0.25) is 0 Å². The van der Waals surface area contributed by atoms with Crippen LogP contribution >= 0.6 is 0 Å². The van der Waals surface area contributed by atoms with Gasteiger partial charge in [-0.1, -0.05) is 55.8 Å². The van der Waals surface area contributed by atoms with Gasteiger partial charge < -0.3 is 19.9 Å². The van der Waals surface area contributed by atoms with Gasteiger partial charge in [0.05, 0.1) is 17.1 Å². The number of allylic oxidation sites excluding steroid dienone is 2. The Balaban J connectivity index is 0.00000405. The summed E-state index contributed by atoms with van der Waals surface area (Å²) in [6.07, 6.45) is 9.69. The van der Waals surface area contributed by atoms with Crippen molar-refractivity contribution in [1.29, 1.82) is 0 Å². The number of para-hydroxylation sites is 1. The number of nitrogens with zero attached hydrogens (tertiary/aromatic N) is 3. The van der Waals surface area contributed by atoms with Gasteiger partial charge in [-0.05, 0) is 61.4 Å². The highest BCUT2D eigenvalue weighted by Gasteiger charge is 2.23. The van der Waals surface area contributed by atoms with Crippen molar-refractivity contribution < 1.29 is 29.7 Å². The number of carbonyl (C=O) groups excluding carboxylic acids is 2. The Bertz CT molecular complexity index is 1560. The highest BCUT2D eigenvalue weighted by molar-refractivity contribution is 6.11. The fraction of sp³-hybridized carbons (Fsp3) is 0.303. The smallest absolute Gasteiger partial charge is 0.449 e. The molecule has 2 aromatic carbocycles. The maximum Gasteiger partial charge on any atom is 0.511 e. The number of aldehydes is 1. The maximum atomic E-state index is 13.0. The highest BCUT2D eigenvalue weighted by Crippen LogP contribution is 2.31. The van der Waals surface area contributed by atoms with Crippen LogP contribution in [0.4, 0.5) is 4.79 Å². The lowest BCUT2D eigenvalue weighted by Crippen LogP contribution is -2.16. The van der Waals surface area contributed by atoms with E-state index in [0.29, 0.717) is 48.2 Å². The second-order valence-electron chi connectivity index (χ2n) is 10.4. The predicted molar refractivity (Wildman–Crippen MR) is 161 cm³/mol. The van der Waals surface area contributed by atoms with E-state index in [1.165, 1.54) is 0 Å². The molecule has 2 aliphatic rings. The summed E-state index contributed by atoms with van der Waals surface area (Å²) in [4.78, 5) is 45.0. The summed E-state index contributed by atoms with van der Waals surface area (Å²) in [6.45, 7) is 2.76. The Hall–Kier alpha value is -4.63. The molecule has 0 saturated carbocycles. The number of benzene rings is 2. The molecule has 218 valence electrons. The van der Waals surface area contributed by atoms with E-state index in [9.17, 15) is 14.4 Å². The predicted octanol–water partition coefficient (Wildman–Crippen LogP) is 5.78. The number of carboxylic acid groups (broad SMARTS) is 1. The third-order valence-electron chi connectivity index (χ3n) is 7.56. The lowest BCUT2D eigenvalue weighted by atomic mass is 9.92. The summed E-state index contributed by atoms with van der Waals surface area (Å²) in [7, 11) is 0. The molecule has 1 amide bonds. The van der Waals surface area contributed by atoms with Crippen molar-refractivity contribution in [2.45, 2.75) is 64.8 Å². The Morgan fingerprint density at radius 1 is 1.07 bits per heavy atom. The molecule has 0 saturated heterocycles. The summed E-state index contributed by atoms with van der Waals surface area (Å²) in [6, 6.07) is 15.0. The van der Waals surface area contributed by atoms with Crippen LogP contribution in [0.5, 0.6) is 5.75 Å². The van der Waals surface area contributed by atoms with Crippen molar-refractivity contribution in [1.82, 2.24) is 9.55 Å². The topological polar surface area (TPSA) is 142 Å². The van der Waals surface area contributed by atoms with Gasteiger partial charge in [0, 0.05) is 36.1 Å². The van der Waals surface area contributed by atoms with Gasteiger partial charge in [-0.2, -0.15) is 0 Å². The van der Waals surface area contributed by atoms with Gasteiger partial charge in [-0.15, -0.1) is 0 Å². The molecule has 0 atom stereocenters. The molecule has 0 unspecified atom stereocenters. The number of imidazole rings is 1. The molecule has 9 heteroatoms. The first-order valence-corrected chi connectivity index (χ1v) is 14.1. The zero-order chi connectivity index (χ0) is 28.8. The van der Waals surface area contributed by atoms with Gasteiger partial charge in [-0.25, -0.2) is 14.8 Å². The molecular weight excluding hydrogens is 534 g/mol. The summed E-state index contributed by atoms with van der Waals surface area (Å²) >= 11 is 0. The average molecular weight is 570 g/mol. The van der Waals surface area contributed by atoms with Crippen molar-refractivity contribution in [3.8, 4) is 16.9 Å². The summed E-state index contributed by atoms with van der Waals surface area (Å²) in [5.41, 5.74) is 6.32. The van der Waals surface area contributed by atoms with Crippen molar-refractivity contribution >= 4 is 30.1 Å². The lowest BCUT2D eigenvalue weighted by molar-refractivity contribution is -0.115. The first-order chi connectivity index (χ1) is 20.0. The minimum absolute atomic E-state index is 0. The molecule has 3 aromatic rings. The van der Waals surface area contributed by atoms with E-state index in [1.807, 2.05) is 48.6 Å². The molecule has 1 aromatic heterocycles. The number of amides is 1. The molecule has 0 radical (unpaired) electrons. The van der Waals surface area contributed by atoms with Gasteiger partial charge in [0.15, 0.2) is 0 Å². The Morgan fingerprint density at radius 3 is 2.57 bits per heavy atom. The van der Waals surface area contributed by atoms with Gasteiger partial charge in [-0.3, -0.25) is 9.59 Å². The molecule has 3 N–H and O–H groups in total. The second kappa shape index (κ2) is 13.8. The average Bonchev–Trinajstić information content (AvgIpc) is 3.32. The second-order valence-corrected chi connectivity index (χ2v) is 10.4. The van der Waals surface area contributed by atoms with E-state index < -0.39 is 6.16 Å². The number of aromatic nitrogens is 2. The number of rotatable bonds is 9. The van der Waals surface area contributed by atoms with Crippen LogP contribution in [0.15, 0.2) is 70.7 Å². The third-order valence-corrected chi connectivity index (χ3v) is 7.56. The molecule has 0 aliphatic heterocycles. The lowest BCUT2D eigenvalue weighted by Gasteiger charge is -2.16. The minimum Gasteiger partial charge on any atom is -0.449 e. The standard InChI is InChI=1S/C33H33N3O5.H2O/c1-2-3-12-31-35-28-18-17-25(34-32(38)27-10-5-4-8-24(27)21-37)19-29(28)36(31)20-22-13-15-23(16-14-22)26-9-6-7-11-30(26)41-33(39)40;/h6-7,9,11,13-18,21H,2-5,8,10,12,19-20H2,1H3,(H,39,40);1H2. The first kappa shape index (κ1) is 30.3. The van der Waals surface area contributed by atoms with Crippen molar-refractivity contribution in [2.75, 3.05) is 0 Å². The Kier molecular flexibility index (Phi) is 9.98. The van der Waals surface area contributed by atoms with Gasteiger partial charge in [0.25, 0.3) is 5.91 Å². The fourth-order valence-electron chi connectivity index (χ4n) is 5.43. The number of aryl methyl sites for hydroxylation is 1. The van der Waals surface area contributed by atoms with E-state index >= 15 is 0 Å². The highest BCUT2D eigenvalue weighted by atomic mass is 16.7. The first-order valence-electron chi connectivity index (χ1n) is 14.1. The molecule has 1 heterocycles. The van der Waals surface area contributed by atoms with E-state index in [1.54, 1.807) is 12.1 Å². The van der Waals surface area contributed by atoms with Crippen LogP contribution in [0.25, 0.3) is 17.2 Å². The SMILES string of the molecule is CCCCc1nc2c(n1Cc1ccc(-c3ccccc3OC(=O)O)cc1)CC(=NC(=O)C1=C(C=O)CCCC1)C=C2.O. The number of aliphatic imine (C=N–C) groups is 1. The molecule has 5 rings (SSSR count). The largest absolute Gasteiger partial charge is 0.511 e. The van der Waals surface area contributed by atoms with Crippen molar-refractivity contribution in [2.24, 2.45) is 4.99 Å². The molecule has 0 spiro atoms. The maximum absolute atomic E-state index is 13.0. The minimum atomic E-state index is -1.35. The number of hydrogen-bond donors (Lipinski definition) is 1. The monoisotopic (exact) mass is 569 g/mol. The van der Waals surface area contributed by atoms with Crippen LogP contribution in [0, 0.1) is 0 Å². The third kappa shape index (κ3) is 6.80.